The molecule has 0 saturated carbocycles. The van der Waals surface area contributed by atoms with E-state index >= 15 is 0 Å². The van der Waals surface area contributed by atoms with Crippen LogP contribution in [-0.4, -0.2) is 23.7 Å². The first-order valence-corrected chi connectivity index (χ1v) is 10.3. The highest BCUT2D eigenvalue weighted by atomic mass is 16.6. The van der Waals surface area contributed by atoms with E-state index in [4.69, 9.17) is 13.9 Å². The first kappa shape index (κ1) is 23.4. The van der Waals surface area contributed by atoms with Crippen molar-refractivity contribution in [2.75, 3.05) is 0 Å². The number of amides is 1. The fourth-order valence-corrected chi connectivity index (χ4v) is 3.18. The molecule has 0 radical (unpaired) electrons. The smallest absolute Gasteiger partial charge is 0.408 e. The van der Waals surface area contributed by atoms with Crippen molar-refractivity contribution in [3.8, 4) is 5.75 Å². The molecule has 30 heavy (non-hydrogen) atoms. The summed E-state index contributed by atoms with van der Waals surface area (Å²) in [6.07, 6.45) is 1.85. The predicted octanol–water partition coefficient (Wildman–Crippen LogP) is 4.65. The zero-order valence-corrected chi connectivity index (χ0v) is 18.6. The lowest BCUT2D eigenvalue weighted by atomic mass is 10.0. The van der Waals surface area contributed by atoms with E-state index in [9.17, 15) is 14.4 Å². The van der Waals surface area contributed by atoms with E-state index in [0.717, 1.165) is 17.5 Å². The van der Waals surface area contributed by atoms with Crippen LogP contribution in [0.4, 0.5) is 4.79 Å². The summed E-state index contributed by atoms with van der Waals surface area (Å²) in [7, 11) is 0. The Balaban J connectivity index is 2.37. The molecular formula is C23H31NO6. The van der Waals surface area contributed by atoms with Crippen molar-refractivity contribution in [1.29, 1.82) is 0 Å². The topological polar surface area (TPSA) is 94.8 Å². The Morgan fingerprint density at radius 1 is 1.13 bits per heavy atom. The lowest BCUT2D eigenvalue weighted by molar-refractivity contribution is -0.136. The number of esters is 1. The van der Waals surface area contributed by atoms with Crippen LogP contribution < -0.4 is 15.7 Å². The van der Waals surface area contributed by atoms with Crippen LogP contribution >= 0.6 is 0 Å². The molecule has 2 aromatic rings. The molecule has 1 N–H and O–H groups in total. The van der Waals surface area contributed by atoms with Gasteiger partial charge >= 0.3 is 17.7 Å². The van der Waals surface area contributed by atoms with Gasteiger partial charge in [-0.05, 0) is 63.8 Å². The maximum Gasteiger partial charge on any atom is 0.408 e. The molecule has 0 spiro atoms. The van der Waals surface area contributed by atoms with Gasteiger partial charge in [0.15, 0.2) is 0 Å². The number of aryl methyl sites for hydroxylation is 2. The number of rotatable bonds is 7. The monoisotopic (exact) mass is 417 g/mol. The van der Waals surface area contributed by atoms with Gasteiger partial charge in [-0.3, -0.25) is 0 Å². The molecule has 2 rings (SSSR count). The van der Waals surface area contributed by atoms with E-state index < -0.39 is 29.3 Å². The van der Waals surface area contributed by atoms with E-state index in [1.807, 2.05) is 20.8 Å². The largest absolute Gasteiger partial charge is 0.444 e. The van der Waals surface area contributed by atoms with Crippen molar-refractivity contribution in [3.05, 3.63) is 39.7 Å². The molecule has 0 unspecified atom stereocenters. The van der Waals surface area contributed by atoms with E-state index in [1.54, 1.807) is 32.9 Å². The fourth-order valence-electron chi connectivity index (χ4n) is 3.18. The number of hydrogen-bond acceptors (Lipinski definition) is 6. The van der Waals surface area contributed by atoms with E-state index in [2.05, 4.69) is 5.32 Å². The lowest BCUT2D eigenvalue weighted by Crippen LogP contribution is -2.45. The SMILES string of the molecule is CCCc1cc(=O)oc2cc(C)cc(OC(=O)[C@H](CCC)NC(=O)OC(C)(C)C)c12. The number of hydrogen-bond donors (Lipinski definition) is 1. The molecule has 7 heteroatoms. The minimum absolute atomic E-state index is 0.314. The summed E-state index contributed by atoms with van der Waals surface area (Å²) in [5, 5.41) is 3.20. The first-order valence-electron chi connectivity index (χ1n) is 10.3. The highest BCUT2D eigenvalue weighted by Gasteiger charge is 2.26. The summed E-state index contributed by atoms with van der Waals surface area (Å²) in [4.78, 5) is 37.0. The number of nitrogens with one attached hydrogen (secondary N) is 1. The number of alkyl carbamates (subject to hydrolysis) is 1. The highest BCUT2D eigenvalue weighted by molar-refractivity contribution is 5.91. The minimum Gasteiger partial charge on any atom is -0.444 e. The third kappa shape index (κ3) is 6.34. The predicted molar refractivity (Wildman–Crippen MR) is 115 cm³/mol. The standard InChI is InChI=1S/C23H31NO6/c1-7-9-15-13-19(25)28-17-11-14(3)12-18(20(15)17)29-21(26)16(10-8-2)24-22(27)30-23(4,5)6/h11-13,16H,7-10H2,1-6H3,(H,24,27)/t16-/m0/s1. The third-order valence-corrected chi connectivity index (χ3v) is 4.32. The molecule has 164 valence electrons. The maximum atomic E-state index is 12.9. The molecule has 0 aliphatic carbocycles. The number of ether oxygens (including phenoxy) is 2. The molecule has 1 aromatic carbocycles. The Labute approximate surface area is 176 Å². The lowest BCUT2D eigenvalue weighted by Gasteiger charge is -2.23. The van der Waals surface area contributed by atoms with Crippen LogP contribution in [0.25, 0.3) is 11.0 Å². The van der Waals surface area contributed by atoms with Crippen LogP contribution in [0.2, 0.25) is 0 Å². The molecule has 0 bridgehead atoms. The molecule has 0 fully saturated rings. The van der Waals surface area contributed by atoms with Crippen LogP contribution in [0.1, 0.15) is 65.0 Å². The molecule has 1 atom stereocenters. The molecule has 0 aliphatic heterocycles. The number of carbonyl (C=O) groups is 2. The quantitative estimate of drug-likeness (QED) is 0.400. The van der Waals surface area contributed by atoms with Crippen molar-refractivity contribution >= 4 is 23.0 Å². The number of benzene rings is 1. The average Bonchev–Trinajstić information content (AvgIpc) is 2.59. The normalized spacial score (nSPS) is 12.5. The van der Waals surface area contributed by atoms with Gasteiger partial charge < -0.3 is 19.2 Å². The second-order valence-electron chi connectivity index (χ2n) is 8.39. The van der Waals surface area contributed by atoms with Gasteiger partial charge in [-0.25, -0.2) is 14.4 Å². The van der Waals surface area contributed by atoms with Gasteiger partial charge in [0, 0.05) is 6.07 Å². The number of fused-ring (bicyclic) bond motifs is 1. The van der Waals surface area contributed by atoms with E-state index in [0.29, 0.717) is 36.0 Å². The Morgan fingerprint density at radius 2 is 1.83 bits per heavy atom. The zero-order chi connectivity index (χ0) is 22.5. The summed E-state index contributed by atoms with van der Waals surface area (Å²) in [5.74, 6) is -0.280. The van der Waals surface area contributed by atoms with Crippen LogP contribution in [0.15, 0.2) is 27.4 Å². The van der Waals surface area contributed by atoms with Gasteiger partial charge in [-0.2, -0.15) is 0 Å². The van der Waals surface area contributed by atoms with Crippen molar-refractivity contribution in [2.45, 2.75) is 78.9 Å². The maximum absolute atomic E-state index is 12.9. The second kappa shape index (κ2) is 9.78. The molecule has 1 aromatic heterocycles. The molecular weight excluding hydrogens is 386 g/mol. The van der Waals surface area contributed by atoms with Gasteiger partial charge in [0.2, 0.25) is 0 Å². The Morgan fingerprint density at radius 3 is 2.43 bits per heavy atom. The summed E-state index contributed by atoms with van der Waals surface area (Å²) in [5.41, 5.74) is 0.808. The average molecular weight is 418 g/mol. The molecule has 1 amide bonds. The zero-order valence-electron chi connectivity index (χ0n) is 18.6. The Hall–Kier alpha value is -2.83. The van der Waals surface area contributed by atoms with Crippen molar-refractivity contribution < 1.29 is 23.5 Å². The first-order chi connectivity index (χ1) is 14.0. The summed E-state index contributed by atoms with van der Waals surface area (Å²) in [6, 6.07) is 4.05. The molecule has 0 aliphatic rings. The van der Waals surface area contributed by atoms with Gasteiger partial charge in [0.05, 0.1) is 5.39 Å². The van der Waals surface area contributed by atoms with Crippen LogP contribution in [-0.2, 0) is 16.0 Å². The van der Waals surface area contributed by atoms with Crippen molar-refractivity contribution in [1.82, 2.24) is 5.32 Å². The van der Waals surface area contributed by atoms with Crippen molar-refractivity contribution in [2.24, 2.45) is 0 Å². The summed E-state index contributed by atoms with van der Waals surface area (Å²) in [6.45, 7) is 11.0. The van der Waals surface area contributed by atoms with Crippen LogP contribution in [0.3, 0.4) is 0 Å². The molecule has 7 nitrogen and oxygen atoms in total. The van der Waals surface area contributed by atoms with Crippen LogP contribution in [0, 0.1) is 6.92 Å². The van der Waals surface area contributed by atoms with Gasteiger partial charge in [-0.15, -0.1) is 0 Å². The highest BCUT2D eigenvalue weighted by Crippen LogP contribution is 2.31. The van der Waals surface area contributed by atoms with E-state index in [-0.39, 0.29) is 0 Å². The van der Waals surface area contributed by atoms with Gasteiger partial charge in [0.1, 0.15) is 23.0 Å². The van der Waals surface area contributed by atoms with Gasteiger partial charge in [-0.1, -0.05) is 26.7 Å². The Bertz CT molecular complexity index is 970. The number of carbonyl (C=O) groups excluding carboxylic acids is 2. The molecule has 1 heterocycles. The third-order valence-electron chi connectivity index (χ3n) is 4.32. The minimum atomic E-state index is -0.856. The van der Waals surface area contributed by atoms with E-state index in [1.165, 1.54) is 6.07 Å². The Kier molecular flexibility index (Phi) is 7.65. The van der Waals surface area contributed by atoms with Crippen molar-refractivity contribution in [3.63, 3.8) is 0 Å². The summed E-state index contributed by atoms with van der Waals surface area (Å²) < 4.78 is 16.3. The molecule has 0 saturated heterocycles. The van der Waals surface area contributed by atoms with Crippen LogP contribution in [0.5, 0.6) is 5.75 Å². The second-order valence-corrected chi connectivity index (χ2v) is 8.39. The summed E-state index contributed by atoms with van der Waals surface area (Å²) >= 11 is 0. The van der Waals surface area contributed by atoms with Gasteiger partial charge in [0.25, 0.3) is 0 Å². The fraction of sp³-hybridized carbons (Fsp3) is 0.522.